The minimum absolute atomic E-state index is 0.218. The van der Waals surface area contributed by atoms with Crippen LogP contribution in [0.25, 0.3) is 0 Å². The molecule has 2 unspecified atom stereocenters. The van der Waals surface area contributed by atoms with Crippen molar-refractivity contribution in [2.75, 3.05) is 5.32 Å². The number of nitrogens with one attached hydrogen (secondary N) is 1. The van der Waals surface area contributed by atoms with Gasteiger partial charge in [-0.2, -0.15) is 8.42 Å². The van der Waals surface area contributed by atoms with Gasteiger partial charge in [0.05, 0.1) is 4.90 Å². The number of amides is 1. The highest BCUT2D eigenvalue weighted by Gasteiger charge is 2.16. The molecule has 162 valence electrons. The highest BCUT2D eigenvalue weighted by Crippen LogP contribution is 2.32. The highest BCUT2D eigenvalue weighted by atomic mass is 32.2. The standard InChI is InChI=1S/C25H27NO4S/c1-3-19(21-7-5-4-6-8-21)17-18(2)20-9-11-22(12-10-20)25(27)26-23-13-15-24(16-14-23)31(28,29)30/h4-16,18-19H,3,17H2,1-2H3,(H,26,27)(H,28,29,30). The smallest absolute Gasteiger partial charge is 0.294 e. The topological polar surface area (TPSA) is 83.5 Å². The summed E-state index contributed by atoms with van der Waals surface area (Å²) >= 11 is 0. The number of anilines is 1. The van der Waals surface area contributed by atoms with Gasteiger partial charge in [0, 0.05) is 11.3 Å². The van der Waals surface area contributed by atoms with Gasteiger partial charge in [-0.3, -0.25) is 9.35 Å². The van der Waals surface area contributed by atoms with E-state index in [0.717, 1.165) is 12.8 Å². The molecule has 3 aromatic rings. The van der Waals surface area contributed by atoms with Crippen LogP contribution in [0.15, 0.2) is 83.8 Å². The fraction of sp³-hybridized carbons (Fsp3) is 0.240. The van der Waals surface area contributed by atoms with Crippen molar-refractivity contribution >= 4 is 21.7 Å². The van der Waals surface area contributed by atoms with Crippen LogP contribution in [-0.2, 0) is 10.1 Å². The first-order chi connectivity index (χ1) is 14.8. The zero-order chi connectivity index (χ0) is 22.4. The Hall–Kier alpha value is -2.96. The van der Waals surface area contributed by atoms with Gasteiger partial charge in [-0.25, -0.2) is 0 Å². The van der Waals surface area contributed by atoms with Gasteiger partial charge in [-0.15, -0.1) is 0 Å². The van der Waals surface area contributed by atoms with Crippen molar-refractivity contribution in [2.24, 2.45) is 0 Å². The molecule has 0 saturated carbocycles. The average Bonchev–Trinajstić information content (AvgIpc) is 2.77. The van der Waals surface area contributed by atoms with E-state index in [2.05, 4.69) is 43.4 Å². The number of carbonyl (C=O) groups excluding carboxylic acids is 1. The normalized spacial score (nSPS) is 13.4. The van der Waals surface area contributed by atoms with Gasteiger partial charge >= 0.3 is 0 Å². The van der Waals surface area contributed by atoms with Crippen LogP contribution in [0.1, 0.15) is 60.0 Å². The molecule has 0 heterocycles. The van der Waals surface area contributed by atoms with Gasteiger partial charge in [-0.1, -0.05) is 56.3 Å². The van der Waals surface area contributed by atoms with Crippen molar-refractivity contribution in [1.82, 2.24) is 0 Å². The van der Waals surface area contributed by atoms with Gasteiger partial charge in [-0.05, 0) is 72.2 Å². The molecule has 0 aliphatic carbocycles. The van der Waals surface area contributed by atoms with Crippen molar-refractivity contribution in [3.05, 3.63) is 95.6 Å². The molecule has 5 nitrogen and oxygen atoms in total. The minimum Gasteiger partial charge on any atom is -0.322 e. The largest absolute Gasteiger partial charge is 0.322 e. The summed E-state index contributed by atoms with van der Waals surface area (Å²) in [6.45, 7) is 4.41. The number of carbonyl (C=O) groups is 1. The summed E-state index contributed by atoms with van der Waals surface area (Å²) in [6.07, 6.45) is 2.11. The van der Waals surface area contributed by atoms with E-state index in [1.54, 1.807) is 12.1 Å². The van der Waals surface area contributed by atoms with Gasteiger partial charge in [0.25, 0.3) is 16.0 Å². The molecular formula is C25H27NO4S. The van der Waals surface area contributed by atoms with Crippen molar-refractivity contribution < 1.29 is 17.8 Å². The van der Waals surface area contributed by atoms with Gasteiger partial charge < -0.3 is 5.32 Å². The van der Waals surface area contributed by atoms with E-state index in [0.29, 0.717) is 23.1 Å². The lowest BCUT2D eigenvalue weighted by Crippen LogP contribution is -2.12. The number of benzene rings is 3. The Morgan fingerprint density at radius 1 is 0.903 bits per heavy atom. The third-order valence-corrected chi connectivity index (χ3v) is 6.42. The molecule has 1 amide bonds. The lowest BCUT2D eigenvalue weighted by molar-refractivity contribution is 0.102. The predicted molar refractivity (Wildman–Crippen MR) is 123 cm³/mol. The molecular weight excluding hydrogens is 410 g/mol. The van der Waals surface area contributed by atoms with Crippen LogP contribution in [0.4, 0.5) is 5.69 Å². The maximum atomic E-state index is 12.5. The summed E-state index contributed by atoms with van der Waals surface area (Å²) in [4.78, 5) is 12.3. The Balaban J connectivity index is 1.64. The second-order valence-electron chi connectivity index (χ2n) is 7.73. The molecule has 0 aromatic heterocycles. The van der Waals surface area contributed by atoms with Gasteiger partial charge in [0.15, 0.2) is 0 Å². The molecule has 2 N–H and O–H groups in total. The maximum Gasteiger partial charge on any atom is 0.294 e. The molecule has 2 atom stereocenters. The first-order valence-corrected chi connectivity index (χ1v) is 11.8. The van der Waals surface area contributed by atoms with Crippen LogP contribution in [0.3, 0.4) is 0 Å². The third kappa shape index (κ3) is 6.03. The van der Waals surface area contributed by atoms with Crippen LogP contribution in [0, 0.1) is 0 Å². The van der Waals surface area contributed by atoms with Crippen LogP contribution in [0.5, 0.6) is 0 Å². The van der Waals surface area contributed by atoms with E-state index in [-0.39, 0.29) is 10.8 Å². The van der Waals surface area contributed by atoms with Crippen LogP contribution in [0.2, 0.25) is 0 Å². The minimum atomic E-state index is -4.25. The Kier molecular flexibility index (Phi) is 7.25. The summed E-state index contributed by atoms with van der Waals surface area (Å²) in [5, 5.41) is 2.73. The zero-order valence-corrected chi connectivity index (χ0v) is 18.5. The molecule has 6 heteroatoms. The maximum absolute atomic E-state index is 12.5. The van der Waals surface area contributed by atoms with Crippen LogP contribution >= 0.6 is 0 Å². The fourth-order valence-corrected chi connectivity index (χ4v) is 4.18. The van der Waals surface area contributed by atoms with E-state index >= 15 is 0 Å². The lowest BCUT2D eigenvalue weighted by Gasteiger charge is -2.21. The monoisotopic (exact) mass is 437 g/mol. The summed E-state index contributed by atoms with van der Waals surface area (Å²) in [7, 11) is -4.25. The average molecular weight is 438 g/mol. The lowest BCUT2D eigenvalue weighted by atomic mass is 9.84. The van der Waals surface area contributed by atoms with Gasteiger partial charge in [0.2, 0.25) is 0 Å². The highest BCUT2D eigenvalue weighted by molar-refractivity contribution is 7.85. The molecule has 0 bridgehead atoms. The number of hydrogen-bond donors (Lipinski definition) is 2. The molecule has 0 radical (unpaired) electrons. The summed E-state index contributed by atoms with van der Waals surface area (Å²) in [5.74, 6) is 0.564. The fourth-order valence-electron chi connectivity index (χ4n) is 3.70. The predicted octanol–water partition coefficient (Wildman–Crippen LogP) is 5.87. The molecule has 0 aliphatic rings. The van der Waals surface area contributed by atoms with E-state index in [1.165, 1.54) is 35.4 Å². The molecule has 0 aliphatic heterocycles. The second-order valence-corrected chi connectivity index (χ2v) is 9.15. The Bertz CT molecular complexity index is 1110. The first-order valence-electron chi connectivity index (χ1n) is 10.3. The molecule has 31 heavy (non-hydrogen) atoms. The van der Waals surface area contributed by atoms with Crippen LogP contribution < -0.4 is 5.32 Å². The van der Waals surface area contributed by atoms with Crippen molar-refractivity contribution in [1.29, 1.82) is 0 Å². The Labute approximate surface area is 183 Å². The SMILES string of the molecule is CCC(CC(C)c1ccc(C(=O)Nc2ccc(S(=O)(=O)O)cc2)cc1)c1ccccc1. The van der Waals surface area contributed by atoms with Crippen molar-refractivity contribution in [2.45, 2.75) is 43.4 Å². The zero-order valence-electron chi connectivity index (χ0n) is 17.7. The van der Waals surface area contributed by atoms with E-state index < -0.39 is 10.1 Å². The van der Waals surface area contributed by atoms with E-state index in [4.69, 9.17) is 4.55 Å². The molecule has 0 saturated heterocycles. The molecule has 3 aromatic carbocycles. The van der Waals surface area contributed by atoms with Crippen molar-refractivity contribution in [3.8, 4) is 0 Å². The Morgan fingerprint density at radius 3 is 2.06 bits per heavy atom. The van der Waals surface area contributed by atoms with Gasteiger partial charge in [0.1, 0.15) is 0 Å². The molecule has 3 rings (SSSR count). The molecule has 0 spiro atoms. The van der Waals surface area contributed by atoms with E-state index in [1.807, 2.05) is 18.2 Å². The quantitative estimate of drug-likeness (QED) is 0.432. The first kappa shape index (κ1) is 22.7. The molecule has 0 fully saturated rings. The summed E-state index contributed by atoms with van der Waals surface area (Å²) in [6, 6.07) is 23.5. The summed E-state index contributed by atoms with van der Waals surface area (Å²) < 4.78 is 31.2. The number of hydrogen-bond acceptors (Lipinski definition) is 3. The van der Waals surface area contributed by atoms with Crippen molar-refractivity contribution in [3.63, 3.8) is 0 Å². The number of rotatable bonds is 8. The Morgan fingerprint density at radius 2 is 1.52 bits per heavy atom. The van der Waals surface area contributed by atoms with E-state index in [9.17, 15) is 13.2 Å². The second kappa shape index (κ2) is 9.90. The van der Waals surface area contributed by atoms with Crippen LogP contribution in [-0.4, -0.2) is 18.9 Å². The summed E-state index contributed by atoms with van der Waals surface area (Å²) in [5.41, 5.74) is 3.50. The third-order valence-electron chi connectivity index (χ3n) is 5.55.